The smallest absolute Gasteiger partial charge is 0.276 e. The van der Waals surface area contributed by atoms with Crippen molar-refractivity contribution in [2.45, 2.75) is 25.3 Å². The summed E-state index contributed by atoms with van der Waals surface area (Å²) >= 11 is 0. The molecule has 0 amide bonds. The van der Waals surface area contributed by atoms with Crippen molar-refractivity contribution in [2.75, 3.05) is 4.72 Å². The maximum atomic E-state index is 12.5. The molecule has 0 fully saturated rings. The van der Waals surface area contributed by atoms with Crippen LogP contribution in [0.2, 0.25) is 0 Å². The Balaban J connectivity index is 2.43. The lowest BCUT2D eigenvalue weighted by Crippen LogP contribution is -2.29. The Bertz CT molecular complexity index is 799. The molecule has 0 spiro atoms. The topological polar surface area (TPSA) is 46.2 Å². The van der Waals surface area contributed by atoms with Crippen LogP contribution in [0, 0.1) is 0 Å². The van der Waals surface area contributed by atoms with Gasteiger partial charge in [-0.2, -0.15) is 21.6 Å². The third kappa shape index (κ3) is 3.85. The molecule has 0 unspecified atom stereocenters. The van der Waals surface area contributed by atoms with Crippen LogP contribution in [0.5, 0.6) is 0 Å². The first-order valence-electron chi connectivity index (χ1n) is 6.90. The van der Waals surface area contributed by atoms with Crippen LogP contribution in [0.3, 0.4) is 0 Å². The molecule has 0 aliphatic rings. The number of rotatable bonds is 4. The van der Waals surface area contributed by atoms with E-state index in [1.165, 1.54) is 18.2 Å². The Morgan fingerprint density at radius 2 is 1.65 bits per heavy atom. The van der Waals surface area contributed by atoms with Gasteiger partial charge in [-0.25, -0.2) is 0 Å². The molecular formula is C16H16F3NO2S. The van der Waals surface area contributed by atoms with Gasteiger partial charge in [0, 0.05) is 5.69 Å². The molecule has 2 aromatic rings. The minimum absolute atomic E-state index is 0.126. The first-order valence-corrected chi connectivity index (χ1v) is 8.38. The molecule has 124 valence electrons. The summed E-state index contributed by atoms with van der Waals surface area (Å²) in [6, 6.07) is 13.4. The van der Waals surface area contributed by atoms with Gasteiger partial charge in [-0.05, 0) is 34.7 Å². The van der Waals surface area contributed by atoms with Crippen molar-refractivity contribution in [1.82, 2.24) is 0 Å². The predicted molar refractivity (Wildman–Crippen MR) is 84.6 cm³/mol. The lowest BCUT2D eigenvalue weighted by Gasteiger charge is -2.15. The molecule has 23 heavy (non-hydrogen) atoms. The van der Waals surface area contributed by atoms with E-state index in [9.17, 15) is 21.6 Å². The summed E-state index contributed by atoms with van der Waals surface area (Å²) in [7, 11) is -5.43. The molecule has 0 atom stereocenters. The number of benzene rings is 2. The minimum Gasteiger partial charge on any atom is -0.276 e. The van der Waals surface area contributed by atoms with Crippen molar-refractivity contribution >= 4 is 15.7 Å². The molecule has 2 rings (SSSR count). The van der Waals surface area contributed by atoms with Crippen molar-refractivity contribution in [2.24, 2.45) is 0 Å². The summed E-state index contributed by atoms with van der Waals surface area (Å²) in [4.78, 5) is 0. The lowest BCUT2D eigenvalue weighted by molar-refractivity contribution is -0.0429. The monoisotopic (exact) mass is 343 g/mol. The van der Waals surface area contributed by atoms with Crippen LogP contribution in [0.25, 0.3) is 11.1 Å². The van der Waals surface area contributed by atoms with Gasteiger partial charge >= 0.3 is 15.5 Å². The normalized spacial score (nSPS) is 12.4. The molecule has 1 N–H and O–H groups in total. The summed E-state index contributed by atoms with van der Waals surface area (Å²) in [5, 5.41) is 0. The molecule has 0 bridgehead atoms. The molecule has 0 saturated carbocycles. The Morgan fingerprint density at radius 3 is 2.26 bits per heavy atom. The highest BCUT2D eigenvalue weighted by Crippen LogP contribution is 2.32. The highest BCUT2D eigenvalue weighted by Gasteiger charge is 2.46. The Hall–Kier alpha value is -2.02. The van der Waals surface area contributed by atoms with Gasteiger partial charge in [0.1, 0.15) is 0 Å². The first-order chi connectivity index (χ1) is 10.6. The van der Waals surface area contributed by atoms with Gasteiger partial charge < -0.3 is 0 Å². The average Bonchev–Trinajstić information content (AvgIpc) is 2.46. The second kappa shape index (κ2) is 6.23. The van der Waals surface area contributed by atoms with E-state index in [0.29, 0.717) is 5.56 Å². The van der Waals surface area contributed by atoms with Crippen LogP contribution >= 0.6 is 0 Å². The van der Waals surface area contributed by atoms with Crippen molar-refractivity contribution < 1.29 is 21.6 Å². The Kier molecular flexibility index (Phi) is 4.70. The number of alkyl halides is 3. The second-order valence-corrected chi connectivity index (χ2v) is 7.05. The third-order valence-corrected chi connectivity index (χ3v) is 4.43. The number of hydrogen-bond donors (Lipinski definition) is 1. The first kappa shape index (κ1) is 17.3. The van der Waals surface area contributed by atoms with Gasteiger partial charge in [0.2, 0.25) is 0 Å². The van der Waals surface area contributed by atoms with Gasteiger partial charge in [-0.3, -0.25) is 4.72 Å². The van der Waals surface area contributed by atoms with E-state index in [1.807, 2.05) is 38.1 Å². The van der Waals surface area contributed by atoms with Gasteiger partial charge in [-0.15, -0.1) is 0 Å². The molecule has 0 saturated heterocycles. The number of hydrogen-bond acceptors (Lipinski definition) is 2. The highest BCUT2D eigenvalue weighted by atomic mass is 32.2. The number of nitrogens with one attached hydrogen (secondary N) is 1. The van der Waals surface area contributed by atoms with Gasteiger partial charge in [0.25, 0.3) is 0 Å². The standard InChI is InChI=1S/C16H16F3NO2S/c1-11(2)14-8-3-4-9-15(14)12-6-5-7-13(10-12)20-23(21,22)16(17,18)19/h3-11,20H,1-2H3. The summed E-state index contributed by atoms with van der Waals surface area (Å²) in [6.45, 7) is 4.02. The largest absolute Gasteiger partial charge is 0.516 e. The molecule has 0 heterocycles. The third-order valence-electron chi connectivity index (χ3n) is 3.31. The SMILES string of the molecule is CC(C)c1ccccc1-c1cccc(NS(=O)(=O)C(F)(F)F)c1. The Morgan fingerprint density at radius 1 is 1.00 bits per heavy atom. The van der Waals surface area contributed by atoms with Gasteiger partial charge in [-0.1, -0.05) is 50.2 Å². The van der Waals surface area contributed by atoms with Crippen LogP contribution in [0.1, 0.15) is 25.3 Å². The molecule has 0 aliphatic carbocycles. The maximum absolute atomic E-state index is 12.5. The van der Waals surface area contributed by atoms with Crippen LogP contribution in [-0.4, -0.2) is 13.9 Å². The van der Waals surface area contributed by atoms with Crippen LogP contribution in [0.15, 0.2) is 48.5 Å². The van der Waals surface area contributed by atoms with E-state index in [1.54, 1.807) is 10.8 Å². The van der Waals surface area contributed by atoms with Gasteiger partial charge in [0.15, 0.2) is 0 Å². The number of sulfonamides is 1. The van der Waals surface area contributed by atoms with Crippen molar-refractivity contribution in [1.29, 1.82) is 0 Å². The highest BCUT2D eigenvalue weighted by molar-refractivity contribution is 7.93. The van der Waals surface area contributed by atoms with E-state index < -0.39 is 15.5 Å². The van der Waals surface area contributed by atoms with Crippen LogP contribution < -0.4 is 4.72 Å². The van der Waals surface area contributed by atoms with Crippen LogP contribution in [0.4, 0.5) is 18.9 Å². The number of halogens is 3. The maximum Gasteiger partial charge on any atom is 0.516 e. The summed E-state index contributed by atoms with van der Waals surface area (Å²) in [5.74, 6) is 0.224. The zero-order valence-corrected chi connectivity index (χ0v) is 13.4. The van der Waals surface area contributed by atoms with Crippen molar-refractivity contribution in [3.05, 3.63) is 54.1 Å². The van der Waals surface area contributed by atoms with E-state index in [2.05, 4.69) is 0 Å². The minimum atomic E-state index is -5.43. The lowest BCUT2D eigenvalue weighted by atomic mass is 9.92. The summed E-state index contributed by atoms with van der Waals surface area (Å²) < 4.78 is 61.4. The molecule has 7 heteroatoms. The molecular weight excluding hydrogens is 327 g/mol. The summed E-state index contributed by atoms with van der Waals surface area (Å²) in [5.41, 5.74) is -2.94. The average molecular weight is 343 g/mol. The fourth-order valence-electron chi connectivity index (χ4n) is 2.23. The fraction of sp³-hybridized carbons (Fsp3) is 0.250. The fourth-order valence-corrected chi connectivity index (χ4v) is 2.78. The van der Waals surface area contributed by atoms with E-state index in [-0.39, 0.29) is 11.6 Å². The second-order valence-electron chi connectivity index (χ2n) is 5.37. The van der Waals surface area contributed by atoms with Gasteiger partial charge in [0.05, 0.1) is 0 Å². The molecule has 3 nitrogen and oxygen atoms in total. The van der Waals surface area contributed by atoms with Crippen LogP contribution in [-0.2, 0) is 10.0 Å². The number of anilines is 1. The predicted octanol–water partition coefficient (Wildman–Crippen LogP) is 4.74. The molecule has 2 aromatic carbocycles. The zero-order chi connectivity index (χ0) is 17.3. The quantitative estimate of drug-likeness (QED) is 0.872. The zero-order valence-electron chi connectivity index (χ0n) is 12.6. The molecule has 0 aromatic heterocycles. The van der Waals surface area contributed by atoms with Crippen molar-refractivity contribution in [3.8, 4) is 11.1 Å². The summed E-state index contributed by atoms with van der Waals surface area (Å²) in [6.07, 6.45) is 0. The van der Waals surface area contributed by atoms with E-state index in [4.69, 9.17) is 0 Å². The Labute approximate surface area is 133 Å². The van der Waals surface area contributed by atoms with E-state index in [0.717, 1.165) is 11.1 Å². The molecule has 0 aliphatic heterocycles. The van der Waals surface area contributed by atoms with E-state index >= 15 is 0 Å². The molecule has 0 radical (unpaired) electrons. The van der Waals surface area contributed by atoms with Crippen molar-refractivity contribution in [3.63, 3.8) is 0 Å².